The average Bonchev–Trinajstić information content (AvgIpc) is 3.30. The van der Waals surface area contributed by atoms with Crippen LogP contribution in [-0.4, -0.2) is 38.2 Å². The van der Waals surface area contributed by atoms with Gasteiger partial charge in [0.1, 0.15) is 5.82 Å². The topological polar surface area (TPSA) is 119 Å². The van der Waals surface area contributed by atoms with Crippen molar-refractivity contribution in [3.8, 4) is 0 Å². The molecule has 26 heavy (non-hydrogen) atoms. The number of nitrogens with zero attached hydrogens (tertiary/aromatic N) is 4. The predicted octanol–water partition coefficient (Wildman–Crippen LogP) is 2.19. The number of sulfonamides is 1. The lowest BCUT2D eigenvalue weighted by molar-refractivity contribution is 0.434. The van der Waals surface area contributed by atoms with Gasteiger partial charge in [0.05, 0.1) is 17.0 Å². The van der Waals surface area contributed by atoms with Crippen molar-refractivity contribution in [1.82, 2.24) is 24.6 Å². The van der Waals surface area contributed by atoms with Crippen molar-refractivity contribution in [3.05, 3.63) is 24.3 Å². The molecule has 1 fully saturated rings. The number of aromatic nitrogens is 5. The van der Waals surface area contributed by atoms with Crippen LogP contribution in [0.5, 0.6) is 0 Å². The normalized spacial score (nSPS) is 25.3. The summed E-state index contributed by atoms with van der Waals surface area (Å²) in [6.45, 7) is 4.04. The zero-order valence-electron chi connectivity index (χ0n) is 15.0. The van der Waals surface area contributed by atoms with Crippen molar-refractivity contribution >= 4 is 26.8 Å². The van der Waals surface area contributed by atoms with E-state index in [0.717, 1.165) is 36.3 Å². The van der Waals surface area contributed by atoms with Crippen LogP contribution in [0.4, 0.5) is 0 Å². The summed E-state index contributed by atoms with van der Waals surface area (Å²) in [6, 6.07) is 1.97. The van der Waals surface area contributed by atoms with E-state index in [9.17, 15) is 8.42 Å². The molecule has 0 radical (unpaired) electrons. The summed E-state index contributed by atoms with van der Waals surface area (Å²) in [6.07, 6.45) is 6.69. The number of nitrogens with one attached hydrogen (secondary N) is 1. The minimum absolute atomic E-state index is 0.0563. The van der Waals surface area contributed by atoms with E-state index in [1.807, 2.05) is 23.6 Å². The lowest BCUT2D eigenvalue weighted by Crippen LogP contribution is -2.33. The first kappa shape index (κ1) is 17.4. The molecule has 0 amide bonds. The first-order valence-electron chi connectivity index (χ1n) is 9.12. The number of hydrogen-bond acceptors (Lipinski definition) is 5. The highest BCUT2D eigenvalue weighted by Crippen LogP contribution is 2.47. The van der Waals surface area contributed by atoms with E-state index in [0.29, 0.717) is 18.0 Å². The van der Waals surface area contributed by atoms with Crippen molar-refractivity contribution in [1.29, 1.82) is 0 Å². The second-order valence-corrected chi connectivity index (χ2v) is 9.05. The van der Waals surface area contributed by atoms with E-state index >= 15 is 0 Å². The molecule has 1 unspecified atom stereocenters. The molecule has 0 spiro atoms. The zero-order chi connectivity index (χ0) is 18.5. The van der Waals surface area contributed by atoms with E-state index in [2.05, 4.69) is 27.1 Å². The average molecular weight is 376 g/mol. The SMILES string of the molecule is CCC([C@H]1C[C@@H](CC)[C@@H](c2nnc3cnc4[nH]ccc4n23)C1)S(N)(=O)=O. The quantitative estimate of drug-likeness (QED) is 0.707. The molecule has 0 bridgehead atoms. The number of H-pyrrole nitrogens is 1. The predicted molar refractivity (Wildman–Crippen MR) is 99.1 cm³/mol. The first-order chi connectivity index (χ1) is 12.4. The van der Waals surface area contributed by atoms with Gasteiger partial charge in [0.25, 0.3) is 0 Å². The van der Waals surface area contributed by atoms with E-state index in [4.69, 9.17) is 5.14 Å². The summed E-state index contributed by atoms with van der Waals surface area (Å²) in [4.78, 5) is 7.48. The summed E-state index contributed by atoms with van der Waals surface area (Å²) in [5.74, 6) is 1.48. The van der Waals surface area contributed by atoms with E-state index in [-0.39, 0.29) is 11.8 Å². The Hall–Kier alpha value is -2.00. The number of hydrogen-bond donors (Lipinski definition) is 2. The van der Waals surface area contributed by atoms with Crippen LogP contribution in [0.1, 0.15) is 51.3 Å². The van der Waals surface area contributed by atoms with Gasteiger partial charge in [-0.3, -0.25) is 4.40 Å². The van der Waals surface area contributed by atoms with Crippen LogP contribution in [-0.2, 0) is 10.0 Å². The maximum Gasteiger partial charge on any atom is 0.212 e. The van der Waals surface area contributed by atoms with Crippen LogP contribution in [0.3, 0.4) is 0 Å². The molecule has 1 saturated carbocycles. The second kappa shape index (κ2) is 6.31. The van der Waals surface area contributed by atoms with Crippen molar-refractivity contribution in [2.75, 3.05) is 0 Å². The number of aromatic amines is 1. The summed E-state index contributed by atoms with van der Waals surface area (Å²) in [5.41, 5.74) is 2.44. The molecule has 9 heteroatoms. The third kappa shape index (κ3) is 2.69. The Kier molecular flexibility index (Phi) is 4.23. The van der Waals surface area contributed by atoms with Crippen molar-refractivity contribution in [2.24, 2.45) is 17.0 Å². The largest absolute Gasteiger partial charge is 0.345 e. The van der Waals surface area contributed by atoms with E-state index < -0.39 is 15.3 Å². The minimum Gasteiger partial charge on any atom is -0.345 e. The van der Waals surface area contributed by atoms with E-state index in [1.165, 1.54) is 0 Å². The molecule has 8 nitrogen and oxygen atoms in total. The molecule has 1 aliphatic rings. The van der Waals surface area contributed by atoms with Crippen LogP contribution in [0.2, 0.25) is 0 Å². The standard InChI is InChI=1S/C17H24N6O2S/c1-3-10-7-11(14(4-2)26(18,24)25)8-12(10)17-22-21-15-9-20-16-13(23(15)17)5-6-19-16/h5-6,9-12,14,19H,3-4,7-8H2,1-2H3,(H2,18,24,25)/t10-,11+,12+,14?/m1/s1. The van der Waals surface area contributed by atoms with Crippen LogP contribution in [0.25, 0.3) is 16.8 Å². The highest BCUT2D eigenvalue weighted by molar-refractivity contribution is 7.89. The van der Waals surface area contributed by atoms with E-state index in [1.54, 1.807) is 6.20 Å². The molecule has 3 aromatic rings. The van der Waals surface area contributed by atoms with Gasteiger partial charge in [0, 0.05) is 12.1 Å². The van der Waals surface area contributed by atoms with Gasteiger partial charge in [-0.2, -0.15) is 0 Å². The van der Waals surface area contributed by atoms with Crippen LogP contribution in [0, 0.1) is 11.8 Å². The lowest BCUT2D eigenvalue weighted by Gasteiger charge is -2.19. The van der Waals surface area contributed by atoms with Gasteiger partial charge in [-0.1, -0.05) is 20.3 Å². The second-order valence-electron chi connectivity index (χ2n) is 7.26. The summed E-state index contributed by atoms with van der Waals surface area (Å²) >= 11 is 0. The van der Waals surface area contributed by atoms with Crippen LogP contribution in [0.15, 0.2) is 18.5 Å². The highest BCUT2D eigenvalue weighted by atomic mass is 32.2. The molecular weight excluding hydrogens is 352 g/mol. The number of primary sulfonamides is 1. The van der Waals surface area contributed by atoms with Gasteiger partial charge in [-0.25, -0.2) is 18.5 Å². The molecule has 140 valence electrons. The van der Waals surface area contributed by atoms with Gasteiger partial charge in [-0.15, -0.1) is 10.2 Å². The Morgan fingerprint density at radius 2 is 2.15 bits per heavy atom. The van der Waals surface area contributed by atoms with Gasteiger partial charge in [-0.05, 0) is 37.2 Å². The van der Waals surface area contributed by atoms with Gasteiger partial charge in [0.15, 0.2) is 11.3 Å². The Balaban J connectivity index is 1.77. The maximum absolute atomic E-state index is 12.0. The van der Waals surface area contributed by atoms with Crippen molar-refractivity contribution in [2.45, 2.75) is 50.7 Å². The molecule has 0 saturated heterocycles. The third-order valence-corrected chi connectivity index (χ3v) is 7.47. The highest BCUT2D eigenvalue weighted by Gasteiger charge is 2.42. The van der Waals surface area contributed by atoms with Crippen LogP contribution >= 0.6 is 0 Å². The van der Waals surface area contributed by atoms with Crippen molar-refractivity contribution < 1.29 is 8.42 Å². The fourth-order valence-electron chi connectivity index (χ4n) is 4.71. The third-order valence-electron chi connectivity index (χ3n) is 5.90. The Labute approximate surface area is 152 Å². The van der Waals surface area contributed by atoms with Gasteiger partial charge >= 0.3 is 0 Å². The molecule has 3 aromatic heterocycles. The zero-order valence-corrected chi connectivity index (χ0v) is 15.8. The molecule has 1 aliphatic carbocycles. The fourth-order valence-corrected chi connectivity index (χ4v) is 5.93. The smallest absolute Gasteiger partial charge is 0.212 e. The van der Waals surface area contributed by atoms with Gasteiger partial charge < -0.3 is 4.98 Å². The first-order valence-corrected chi connectivity index (χ1v) is 10.7. The number of nitrogens with two attached hydrogens (primary N) is 1. The minimum atomic E-state index is -3.55. The Morgan fingerprint density at radius 1 is 1.35 bits per heavy atom. The number of rotatable bonds is 5. The molecule has 0 aliphatic heterocycles. The summed E-state index contributed by atoms with van der Waals surface area (Å²) < 4.78 is 26.1. The summed E-state index contributed by atoms with van der Waals surface area (Å²) in [5, 5.41) is 13.8. The fraction of sp³-hybridized carbons (Fsp3) is 0.588. The number of fused-ring (bicyclic) bond motifs is 3. The van der Waals surface area contributed by atoms with Crippen LogP contribution < -0.4 is 5.14 Å². The molecule has 4 rings (SSSR count). The monoisotopic (exact) mass is 376 g/mol. The molecule has 3 heterocycles. The molecule has 4 atom stereocenters. The molecule has 3 N–H and O–H groups in total. The lowest BCUT2D eigenvalue weighted by atomic mass is 9.93. The van der Waals surface area contributed by atoms with Gasteiger partial charge in [0.2, 0.25) is 10.0 Å². The maximum atomic E-state index is 12.0. The Morgan fingerprint density at radius 3 is 2.85 bits per heavy atom. The molecule has 0 aromatic carbocycles. The summed E-state index contributed by atoms with van der Waals surface area (Å²) in [7, 11) is -3.55. The molecular formula is C17H24N6O2S. The Bertz CT molecular complexity index is 1040. The van der Waals surface area contributed by atoms with Crippen molar-refractivity contribution in [3.63, 3.8) is 0 Å².